The van der Waals surface area contributed by atoms with Gasteiger partial charge in [-0.3, -0.25) is 9.59 Å². The van der Waals surface area contributed by atoms with Gasteiger partial charge >= 0.3 is 0 Å². The van der Waals surface area contributed by atoms with Crippen LogP contribution in [0.4, 0.5) is 0 Å². The highest BCUT2D eigenvalue weighted by Gasteiger charge is 2.35. The number of nitrogens with one attached hydrogen (secondary N) is 1. The lowest BCUT2D eigenvalue weighted by molar-refractivity contribution is 0.0758. The van der Waals surface area contributed by atoms with Gasteiger partial charge in [0.2, 0.25) is 15.6 Å². The highest BCUT2D eigenvalue weighted by atomic mass is 32.2. The van der Waals surface area contributed by atoms with Crippen molar-refractivity contribution < 1.29 is 13.2 Å². The summed E-state index contributed by atoms with van der Waals surface area (Å²) in [6, 6.07) is 2.56. The Balaban J connectivity index is 1.57. The summed E-state index contributed by atoms with van der Waals surface area (Å²) in [6.45, 7) is 1.87. The molecule has 0 radical (unpaired) electrons. The third-order valence-electron chi connectivity index (χ3n) is 5.54. The lowest BCUT2D eigenvalue weighted by Crippen LogP contribution is -2.39. The number of hydrogen-bond donors (Lipinski definition) is 1. The summed E-state index contributed by atoms with van der Waals surface area (Å²) in [5, 5.41) is 8.61. The maximum atomic E-state index is 12.8. The van der Waals surface area contributed by atoms with Crippen molar-refractivity contribution in [2.45, 2.75) is 38.3 Å². The SMILES string of the molecule is CS(=O)(=O)N1CCCCC1c1nnc2n1CCN(C(=O)c1cc[nH]c(=O)c1)CC2. The first kappa shape index (κ1) is 19.8. The van der Waals surface area contributed by atoms with E-state index in [1.807, 2.05) is 4.57 Å². The Kier molecular flexibility index (Phi) is 5.26. The number of nitrogens with zero attached hydrogens (tertiary/aromatic N) is 5. The van der Waals surface area contributed by atoms with Gasteiger partial charge < -0.3 is 14.5 Å². The molecular weight excluding hydrogens is 396 g/mol. The first-order valence-corrected chi connectivity index (χ1v) is 11.6. The number of amides is 1. The van der Waals surface area contributed by atoms with E-state index in [0.717, 1.165) is 18.7 Å². The van der Waals surface area contributed by atoms with Gasteiger partial charge in [0.25, 0.3) is 5.91 Å². The molecule has 2 aromatic rings. The van der Waals surface area contributed by atoms with E-state index < -0.39 is 10.0 Å². The van der Waals surface area contributed by atoms with Crippen molar-refractivity contribution in [1.82, 2.24) is 29.0 Å². The average Bonchev–Trinajstić information content (AvgIpc) is 2.98. The van der Waals surface area contributed by atoms with E-state index >= 15 is 0 Å². The zero-order valence-electron chi connectivity index (χ0n) is 16.2. The summed E-state index contributed by atoms with van der Waals surface area (Å²) < 4.78 is 28.0. The van der Waals surface area contributed by atoms with Crippen LogP contribution in [0.2, 0.25) is 0 Å². The molecule has 0 spiro atoms. The van der Waals surface area contributed by atoms with Crippen LogP contribution >= 0.6 is 0 Å². The minimum absolute atomic E-state index is 0.202. The molecule has 1 unspecified atom stereocenters. The zero-order chi connectivity index (χ0) is 20.6. The van der Waals surface area contributed by atoms with Crippen molar-refractivity contribution >= 4 is 15.9 Å². The Labute approximate surface area is 168 Å². The van der Waals surface area contributed by atoms with Crippen LogP contribution in [0.25, 0.3) is 0 Å². The molecule has 4 heterocycles. The molecular formula is C18H24N6O4S. The number of hydrogen-bond acceptors (Lipinski definition) is 6. The molecule has 0 aromatic carbocycles. The molecule has 1 atom stereocenters. The van der Waals surface area contributed by atoms with E-state index in [0.29, 0.717) is 50.4 Å². The van der Waals surface area contributed by atoms with Crippen LogP contribution < -0.4 is 5.56 Å². The molecule has 2 aliphatic heterocycles. The maximum absolute atomic E-state index is 12.8. The molecule has 156 valence electrons. The molecule has 4 rings (SSSR count). The molecule has 0 aliphatic carbocycles. The molecule has 2 aromatic heterocycles. The molecule has 2 aliphatic rings. The van der Waals surface area contributed by atoms with Crippen molar-refractivity contribution in [1.29, 1.82) is 0 Å². The van der Waals surface area contributed by atoms with E-state index in [-0.39, 0.29) is 17.5 Å². The van der Waals surface area contributed by atoms with Gasteiger partial charge in [-0.15, -0.1) is 10.2 Å². The number of rotatable bonds is 3. The Morgan fingerprint density at radius 3 is 2.76 bits per heavy atom. The quantitative estimate of drug-likeness (QED) is 0.755. The summed E-state index contributed by atoms with van der Waals surface area (Å²) in [4.78, 5) is 28.5. The second-order valence-electron chi connectivity index (χ2n) is 7.50. The predicted molar refractivity (Wildman–Crippen MR) is 105 cm³/mol. The average molecular weight is 420 g/mol. The first-order chi connectivity index (χ1) is 13.8. The second kappa shape index (κ2) is 7.71. The molecule has 1 N–H and O–H groups in total. The van der Waals surface area contributed by atoms with Gasteiger partial charge in [-0.2, -0.15) is 4.31 Å². The summed E-state index contributed by atoms with van der Waals surface area (Å²) in [7, 11) is -3.35. The van der Waals surface area contributed by atoms with Crippen molar-refractivity contribution in [3.8, 4) is 0 Å². The summed E-state index contributed by atoms with van der Waals surface area (Å²) in [6.07, 6.45) is 5.69. The van der Waals surface area contributed by atoms with Gasteiger partial charge in [0.1, 0.15) is 5.82 Å². The standard InChI is InChI=1S/C18H24N6O4S/c1-29(27,28)24-8-3-2-4-14(24)17-21-20-15-6-9-22(10-11-23(15)17)18(26)13-5-7-19-16(25)12-13/h5,7,12,14H,2-4,6,8-11H2,1H3,(H,19,25). The molecule has 11 heteroatoms. The molecule has 0 bridgehead atoms. The highest BCUT2D eigenvalue weighted by Crippen LogP contribution is 2.32. The smallest absolute Gasteiger partial charge is 0.254 e. The van der Waals surface area contributed by atoms with Crippen LogP contribution in [0.3, 0.4) is 0 Å². The van der Waals surface area contributed by atoms with Gasteiger partial charge in [-0.25, -0.2) is 8.42 Å². The number of sulfonamides is 1. The lowest BCUT2D eigenvalue weighted by Gasteiger charge is -2.33. The van der Waals surface area contributed by atoms with Crippen LogP contribution in [0.15, 0.2) is 23.1 Å². The number of carbonyl (C=O) groups is 1. The van der Waals surface area contributed by atoms with E-state index in [1.54, 1.807) is 11.0 Å². The number of pyridine rings is 1. The van der Waals surface area contributed by atoms with Gasteiger partial charge in [0.05, 0.1) is 12.3 Å². The minimum atomic E-state index is -3.35. The Hall–Kier alpha value is -2.53. The fourth-order valence-electron chi connectivity index (χ4n) is 4.11. The maximum Gasteiger partial charge on any atom is 0.254 e. The third kappa shape index (κ3) is 3.97. The molecule has 1 saturated heterocycles. The van der Waals surface area contributed by atoms with Crippen molar-refractivity contribution in [3.63, 3.8) is 0 Å². The normalized spacial score (nSPS) is 20.9. The van der Waals surface area contributed by atoms with Crippen molar-refractivity contribution in [3.05, 3.63) is 45.9 Å². The van der Waals surface area contributed by atoms with E-state index in [1.165, 1.54) is 22.8 Å². The minimum Gasteiger partial charge on any atom is -0.336 e. The van der Waals surface area contributed by atoms with Gasteiger partial charge in [0, 0.05) is 50.4 Å². The monoisotopic (exact) mass is 420 g/mol. The van der Waals surface area contributed by atoms with Crippen LogP contribution in [-0.4, -0.2) is 69.2 Å². The number of aromatic amines is 1. The van der Waals surface area contributed by atoms with Gasteiger partial charge in [-0.05, 0) is 18.9 Å². The number of aromatic nitrogens is 4. The lowest BCUT2D eigenvalue weighted by atomic mass is 10.0. The van der Waals surface area contributed by atoms with E-state index in [4.69, 9.17) is 0 Å². The topological polar surface area (TPSA) is 121 Å². The predicted octanol–water partition coefficient (Wildman–Crippen LogP) is 0.152. The fourth-order valence-corrected chi connectivity index (χ4v) is 5.24. The highest BCUT2D eigenvalue weighted by molar-refractivity contribution is 7.88. The van der Waals surface area contributed by atoms with Gasteiger partial charge in [0.15, 0.2) is 5.82 Å². The fraction of sp³-hybridized carbons (Fsp3) is 0.556. The van der Waals surface area contributed by atoms with Crippen molar-refractivity contribution in [2.24, 2.45) is 0 Å². The Morgan fingerprint density at radius 2 is 2.00 bits per heavy atom. The van der Waals surface area contributed by atoms with Crippen LogP contribution in [0.1, 0.15) is 47.3 Å². The number of carbonyl (C=O) groups excluding carboxylic acids is 1. The largest absolute Gasteiger partial charge is 0.336 e. The number of H-pyrrole nitrogens is 1. The third-order valence-corrected chi connectivity index (χ3v) is 6.83. The van der Waals surface area contributed by atoms with Crippen LogP contribution in [0.5, 0.6) is 0 Å². The molecule has 1 amide bonds. The van der Waals surface area contributed by atoms with E-state index in [9.17, 15) is 18.0 Å². The zero-order valence-corrected chi connectivity index (χ0v) is 17.1. The van der Waals surface area contributed by atoms with Crippen LogP contribution in [-0.2, 0) is 23.0 Å². The van der Waals surface area contributed by atoms with Crippen molar-refractivity contribution in [2.75, 3.05) is 25.9 Å². The van der Waals surface area contributed by atoms with E-state index in [2.05, 4.69) is 15.2 Å². The Morgan fingerprint density at radius 1 is 1.17 bits per heavy atom. The molecule has 1 fully saturated rings. The molecule has 29 heavy (non-hydrogen) atoms. The molecule has 10 nitrogen and oxygen atoms in total. The van der Waals surface area contributed by atoms with Gasteiger partial charge in [-0.1, -0.05) is 6.42 Å². The second-order valence-corrected chi connectivity index (χ2v) is 9.43. The Bertz CT molecular complexity index is 1080. The van der Waals surface area contributed by atoms with Crippen LogP contribution in [0, 0.1) is 0 Å². The first-order valence-electron chi connectivity index (χ1n) is 9.71. The molecule has 0 saturated carbocycles. The summed E-state index contributed by atoms with van der Waals surface area (Å²) in [5.74, 6) is 1.20. The summed E-state index contributed by atoms with van der Waals surface area (Å²) >= 11 is 0. The number of piperidine rings is 1. The summed E-state index contributed by atoms with van der Waals surface area (Å²) in [5.41, 5.74) is 0.0328. The number of fused-ring (bicyclic) bond motifs is 1.